The number of hydrogen-bond donors (Lipinski definition) is 0. The Hall–Kier alpha value is -2.48. The van der Waals surface area contributed by atoms with Crippen molar-refractivity contribution in [1.29, 1.82) is 0 Å². The quantitative estimate of drug-likeness (QED) is 0.801. The molecule has 0 fully saturated rings. The van der Waals surface area contributed by atoms with Crippen LogP contribution in [0.4, 0.5) is 0 Å². The van der Waals surface area contributed by atoms with Gasteiger partial charge in [-0.1, -0.05) is 66.7 Å². The van der Waals surface area contributed by atoms with Gasteiger partial charge in [0.2, 0.25) is 0 Å². The lowest BCUT2D eigenvalue weighted by Gasteiger charge is -2.29. The van der Waals surface area contributed by atoms with E-state index in [1.54, 1.807) is 12.3 Å². The largest absolute Gasteiger partial charge is 0.269 e. The first-order chi connectivity index (χ1) is 9.31. The molecule has 0 atom stereocenters. The summed E-state index contributed by atoms with van der Waals surface area (Å²) in [5, 5.41) is 0. The molecule has 92 valence electrons. The van der Waals surface area contributed by atoms with Gasteiger partial charge in [0.25, 0.3) is 5.91 Å². The van der Waals surface area contributed by atoms with Crippen LogP contribution in [0.2, 0.25) is 0 Å². The molecule has 0 aromatic heterocycles. The Morgan fingerprint density at radius 1 is 0.789 bits per heavy atom. The fourth-order valence-electron chi connectivity index (χ4n) is 2.39. The molecule has 2 aromatic carbocycles. The molecule has 2 nitrogen and oxygen atoms in total. The Morgan fingerprint density at radius 2 is 1.32 bits per heavy atom. The number of aliphatic imine (C=N–C) groups is 1. The zero-order valence-electron chi connectivity index (χ0n) is 10.4. The summed E-state index contributed by atoms with van der Waals surface area (Å²) in [6.45, 7) is 0. The minimum absolute atomic E-state index is 0.206. The highest BCUT2D eigenvalue weighted by Crippen LogP contribution is 2.33. The van der Waals surface area contributed by atoms with Crippen LogP contribution in [0.3, 0.4) is 0 Å². The summed E-state index contributed by atoms with van der Waals surface area (Å²) in [5.74, 6) is -0.206. The summed E-state index contributed by atoms with van der Waals surface area (Å²) in [5.41, 5.74) is 1.76. The first-order valence-corrected chi connectivity index (χ1v) is 6.21. The monoisotopic (exact) mass is 247 g/mol. The maximum Gasteiger partial charge on any atom is 0.269 e. The third kappa shape index (κ3) is 2.02. The average Bonchev–Trinajstić information content (AvgIpc) is 2.50. The predicted octanol–water partition coefficient (Wildman–Crippen LogP) is 3.14. The lowest BCUT2D eigenvalue weighted by Crippen LogP contribution is -2.29. The van der Waals surface area contributed by atoms with Crippen molar-refractivity contribution in [2.75, 3.05) is 0 Å². The molecule has 1 amide bonds. The SMILES string of the molecule is O=C1C=CC(c2ccccc2)(c2ccccc2)C=N1. The molecule has 0 spiro atoms. The third-order valence-electron chi connectivity index (χ3n) is 3.39. The molecule has 0 unspecified atom stereocenters. The molecule has 0 aliphatic carbocycles. The van der Waals surface area contributed by atoms with Crippen LogP contribution < -0.4 is 0 Å². The second kappa shape index (κ2) is 4.65. The molecule has 0 bridgehead atoms. The molecule has 1 aliphatic rings. The Labute approximate surface area is 112 Å². The topological polar surface area (TPSA) is 29.4 Å². The minimum atomic E-state index is -0.448. The van der Waals surface area contributed by atoms with Crippen molar-refractivity contribution >= 4 is 12.1 Å². The van der Waals surface area contributed by atoms with E-state index in [2.05, 4.69) is 29.3 Å². The third-order valence-corrected chi connectivity index (χ3v) is 3.39. The zero-order valence-corrected chi connectivity index (χ0v) is 10.4. The molecule has 2 heteroatoms. The van der Waals surface area contributed by atoms with Gasteiger partial charge in [0, 0.05) is 12.3 Å². The van der Waals surface area contributed by atoms with E-state index in [1.165, 1.54) is 0 Å². The van der Waals surface area contributed by atoms with Crippen LogP contribution in [-0.4, -0.2) is 12.1 Å². The van der Waals surface area contributed by atoms with Crippen molar-refractivity contribution in [3.8, 4) is 0 Å². The summed E-state index contributed by atoms with van der Waals surface area (Å²) >= 11 is 0. The molecule has 1 heterocycles. The van der Waals surface area contributed by atoms with Gasteiger partial charge in [-0.2, -0.15) is 0 Å². The van der Waals surface area contributed by atoms with E-state index in [-0.39, 0.29) is 5.91 Å². The Kier molecular flexibility index (Phi) is 2.84. The summed E-state index contributed by atoms with van der Waals surface area (Å²) in [4.78, 5) is 15.3. The van der Waals surface area contributed by atoms with E-state index in [4.69, 9.17) is 0 Å². The summed E-state index contributed by atoms with van der Waals surface area (Å²) in [7, 11) is 0. The number of carbonyl (C=O) groups is 1. The number of allylic oxidation sites excluding steroid dienone is 1. The van der Waals surface area contributed by atoms with E-state index < -0.39 is 5.41 Å². The molecule has 0 N–H and O–H groups in total. The van der Waals surface area contributed by atoms with Crippen molar-refractivity contribution in [1.82, 2.24) is 0 Å². The summed E-state index contributed by atoms with van der Waals surface area (Å²) < 4.78 is 0. The fraction of sp³-hybridized carbons (Fsp3) is 0.0588. The number of nitrogens with zero attached hydrogens (tertiary/aromatic N) is 1. The van der Waals surface area contributed by atoms with Gasteiger partial charge in [-0.3, -0.25) is 4.79 Å². The van der Waals surface area contributed by atoms with Crippen molar-refractivity contribution in [2.45, 2.75) is 5.41 Å². The number of hydrogen-bond acceptors (Lipinski definition) is 1. The van der Waals surface area contributed by atoms with Gasteiger partial charge in [0.1, 0.15) is 0 Å². The van der Waals surface area contributed by atoms with E-state index in [0.29, 0.717) is 0 Å². The second-order valence-electron chi connectivity index (χ2n) is 4.53. The second-order valence-corrected chi connectivity index (χ2v) is 4.53. The molecule has 0 saturated carbocycles. The van der Waals surface area contributed by atoms with Crippen LogP contribution in [0.15, 0.2) is 77.8 Å². The summed E-state index contributed by atoms with van der Waals surface area (Å²) in [6.07, 6.45) is 5.20. The lowest BCUT2D eigenvalue weighted by atomic mass is 9.74. The van der Waals surface area contributed by atoms with Crippen LogP contribution in [0.5, 0.6) is 0 Å². The van der Waals surface area contributed by atoms with E-state index in [1.807, 2.05) is 42.5 Å². The van der Waals surface area contributed by atoms with Crippen LogP contribution in [0, 0.1) is 0 Å². The molecule has 19 heavy (non-hydrogen) atoms. The van der Waals surface area contributed by atoms with Crippen LogP contribution in [0.25, 0.3) is 0 Å². The van der Waals surface area contributed by atoms with Gasteiger partial charge in [-0.25, -0.2) is 4.99 Å². The maximum atomic E-state index is 11.3. The molecule has 1 aliphatic heterocycles. The molecular formula is C17H13NO. The standard InChI is InChI=1S/C17H13NO/c19-16-11-12-17(13-18-16,14-7-3-1-4-8-14)15-9-5-2-6-10-15/h1-13H. The van der Waals surface area contributed by atoms with Gasteiger partial charge in [0.05, 0.1) is 5.41 Å². The van der Waals surface area contributed by atoms with E-state index in [0.717, 1.165) is 11.1 Å². The first kappa shape index (κ1) is 11.6. The number of rotatable bonds is 2. The van der Waals surface area contributed by atoms with Crippen LogP contribution in [-0.2, 0) is 10.2 Å². The van der Waals surface area contributed by atoms with Crippen LogP contribution in [0.1, 0.15) is 11.1 Å². The van der Waals surface area contributed by atoms with Crippen molar-refractivity contribution < 1.29 is 4.79 Å². The highest BCUT2D eigenvalue weighted by Gasteiger charge is 2.31. The lowest BCUT2D eigenvalue weighted by molar-refractivity contribution is -0.113. The Morgan fingerprint density at radius 3 is 1.74 bits per heavy atom. The predicted molar refractivity (Wildman–Crippen MR) is 76.3 cm³/mol. The average molecular weight is 247 g/mol. The van der Waals surface area contributed by atoms with Crippen LogP contribution >= 0.6 is 0 Å². The summed E-state index contributed by atoms with van der Waals surface area (Å²) in [6, 6.07) is 20.2. The zero-order chi connectivity index (χ0) is 13.1. The highest BCUT2D eigenvalue weighted by atomic mass is 16.1. The first-order valence-electron chi connectivity index (χ1n) is 6.21. The number of dihydropyridines is 1. The maximum absolute atomic E-state index is 11.3. The number of carbonyl (C=O) groups excluding carboxylic acids is 1. The van der Waals surface area contributed by atoms with Crippen molar-refractivity contribution in [2.24, 2.45) is 4.99 Å². The van der Waals surface area contributed by atoms with Gasteiger partial charge in [-0.05, 0) is 11.1 Å². The van der Waals surface area contributed by atoms with Gasteiger partial charge in [0.15, 0.2) is 0 Å². The Bertz CT molecular complexity index is 584. The molecule has 0 radical (unpaired) electrons. The van der Waals surface area contributed by atoms with Gasteiger partial charge >= 0.3 is 0 Å². The normalized spacial score (nSPS) is 16.5. The van der Waals surface area contributed by atoms with Crippen molar-refractivity contribution in [3.63, 3.8) is 0 Å². The number of amides is 1. The Balaban J connectivity index is 2.21. The van der Waals surface area contributed by atoms with E-state index >= 15 is 0 Å². The molecule has 3 rings (SSSR count). The molecule has 0 saturated heterocycles. The molecular weight excluding hydrogens is 234 g/mol. The van der Waals surface area contributed by atoms with Gasteiger partial charge < -0.3 is 0 Å². The minimum Gasteiger partial charge on any atom is -0.268 e. The van der Waals surface area contributed by atoms with Crippen molar-refractivity contribution in [3.05, 3.63) is 83.9 Å². The van der Waals surface area contributed by atoms with E-state index in [9.17, 15) is 4.79 Å². The number of benzene rings is 2. The fourth-order valence-corrected chi connectivity index (χ4v) is 2.39. The van der Waals surface area contributed by atoms with Gasteiger partial charge in [-0.15, -0.1) is 0 Å². The molecule has 2 aromatic rings. The highest BCUT2D eigenvalue weighted by molar-refractivity contribution is 6.01. The smallest absolute Gasteiger partial charge is 0.268 e.